The van der Waals surface area contributed by atoms with Gasteiger partial charge in [-0.2, -0.15) is 4.31 Å². The van der Waals surface area contributed by atoms with Crippen molar-refractivity contribution in [3.05, 3.63) is 30.1 Å². The third-order valence-corrected chi connectivity index (χ3v) is 5.69. The van der Waals surface area contributed by atoms with Crippen LogP contribution in [0.25, 0.3) is 0 Å². The maximum absolute atomic E-state index is 13.7. The summed E-state index contributed by atoms with van der Waals surface area (Å²) in [4.78, 5) is -0.262. The molecule has 4 nitrogen and oxygen atoms in total. The van der Waals surface area contributed by atoms with E-state index in [0.29, 0.717) is 6.54 Å². The second-order valence-electron chi connectivity index (χ2n) is 4.97. The van der Waals surface area contributed by atoms with Crippen LogP contribution in [0.5, 0.6) is 0 Å². The first-order valence-electron chi connectivity index (χ1n) is 6.45. The lowest BCUT2D eigenvalue weighted by molar-refractivity contribution is 0.192. The van der Waals surface area contributed by atoms with Crippen molar-refractivity contribution in [2.75, 3.05) is 13.1 Å². The van der Waals surface area contributed by atoms with Crippen molar-refractivity contribution in [3.8, 4) is 0 Å². The summed E-state index contributed by atoms with van der Waals surface area (Å²) in [5, 5.41) is 0. The van der Waals surface area contributed by atoms with Crippen molar-refractivity contribution in [3.63, 3.8) is 0 Å². The highest BCUT2D eigenvalue weighted by Gasteiger charge is 2.37. The van der Waals surface area contributed by atoms with Crippen LogP contribution in [0.3, 0.4) is 0 Å². The molecule has 1 aromatic carbocycles. The summed E-state index contributed by atoms with van der Waals surface area (Å²) in [6, 6.07) is 5.22. The van der Waals surface area contributed by atoms with Crippen LogP contribution in [-0.2, 0) is 10.0 Å². The van der Waals surface area contributed by atoms with Crippen LogP contribution in [0, 0.1) is 11.7 Å². The molecule has 2 atom stereocenters. The van der Waals surface area contributed by atoms with E-state index in [1.54, 1.807) is 0 Å². The fourth-order valence-electron chi connectivity index (χ4n) is 2.64. The Balaban J connectivity index is 2.41. The molecule has 0 spiro atoms. The summed E-state index contributed by atoms with van der Waals surface area (Å²) in [7, 11) is -3.81. The van der Waals surface area contributed by atoms with E-state index in [9.17, 15) is 12.8 Å². The van der Waals surface area contributed by atoms with E-state index in [2.05, 4.69) is 0 Å². The monoisotopic (exact) mass is 286 g/mol. The maximum atomic E-state index is 13.7. The van der Waals surface area contributed by atoms with Gasteiger partial charge in [-0.05, 0) is 30.9 Å². The van der Waals surface area contributed by atoms with Crippen molar-refractivity contribution >= 4 is 10.0 Å². The number of halogens is 1. The quantitative estimate of drug-likeness (QED) is 0.917. The van der Waals surface area contributed by atoms with Crippen LogP contribution < -0.4 is 5.73 Å². The number of rotatable bonds is 3. The molecular formula is C13H19FN2O2S. The molecular weight excluding hydrogens is 267 g/mol. The van der Waals surface area contributed by atoms with Gasteiger partial charge in [0.1, 0.15) is 10.7 Å². The maximum Gasteiger partial charge on any atom is 0.246 e. The second kappa shape index (κ2) is 5.56. The Hall–Kier alpha value is -0.980. The molecule has 1 aliphatic rings. The molecule has 6 heteroatoms. The Labute approximate surface area is 113 Å². The first kappa shape index (κ1) is 14.4. The standard InChI is InChI=1S/C13H19FN2O2S/c1-10-5-4-8-16(12(10)9-15)19(17,18)13-7-3-2-6-11(13)14/h2-3,6-7,10,12H,4-5,8-9,15H2,1H3/t10-,12-/m1/s1. The molecule has 1 fully saturated rings. The van der Waals surface area contributed by atoms with Crippen molar-refractivity contribution in [1.29, 1.82) is 0 Å². The number of nitrogens with zero attached hydrogens (tertiary/aromatic N) is 1. The van der Waals surface area contributed by atoms with Gasteiger partial charge in [-0.25, -0.2) is 12.8 Å². The summed E-state index contributed by atoms with van der Waals surface area (Å²) < 4.78 is 40.2. The van der Waals surface area contributed by atoms with Gasteiger partial charge in [-0.1, -0.05) is 19.1 Å². The van der Waals surface area contributed by atoms with Crippen molar-refractivity contribution in [2.45, 2.75) is 30.7 Å². The number of hydrogen-bond donors (Lipinski definition) is 1. The minimum Gasteiger partial charge on any atom is -0.329 e. The van der Waals surface area contributed by atoms with Crippen LogP contribution in [0.15, 0.2) is 29.2 Å². The first-order valence-corrected chi connectivity index (χ1v) is 7.89. The van der Waals surface area contributed by atoms with E-state index in [-0.39, 0.29) is 23.4 Å². The number of nitrogens with two attached hydrogens (primary N) is 1. The third kappa shape index (κ3) is 2.66. The average Bonchev–Trinajstić information content (AvgIpc) is 2.38. The van der Waals surface area contributed by atoms with Crippen molar-refractivity contribution in [1.82, 2.24) is 4.31 Å². The van der Waals surface area contributed by atoms with Gasteiger partial charge in [0, 0.05) is 19.1 Å². The molecule has 1 heterocycles. The molecule has 2 rings (SSSR count). The minimum atomic E-state index is -3.81. The topological polar surface area (TPSA) is 63.4 Å². The van der Waals surface area contributed by atoms with Gasteiger partial charge in [0.25, 0.3) is 0 Å². The van der Waals surface area contributed by atoms with E-state index in [1.165, 1.54) is 22.5 Å². The molecule has 1 saturated heterocycles. The first-order chi connectivity index (χ1) is 8.98. The van der Waals surface area contributed by atoms with Gasteiger partial charge in [-0.3, -0.25) is 0 Å². The second-order valence-corrected chi connectivity index (χ2v) is 6.83. The summed E-state index contributed by atoms with van der Waals surface area (Å²) in [5.74, 6) is -0.517. The SMILES string of the molecule is C[C@@H]1CCCN(S(=O)(=O)c2ccccc2F)[C@@H]1CN. The lowest BCUT2D eigenvalue weighted by Crippen LogP contribution is -2.51. The lowest BCUT2D eigenvalue weighted by atomic mass is 9.93. The van der Waals surface area contributed by atoms with Crippen molar-refractivity contribution in [2.24, 2.45) is 11.7 Å². The normalized spacial score (nSPS) is 25.4. The van der Waals surface area contributed by atoms with Gasteiger partial charge in [0.05, 0.1) is 0 Å². The zero-order valence-electron chi connectivity index (χ0n) is 10.9. The largest absolute Gasteiger partial charge is 0.329 e. The summed E-state index contributed by atoms with van der Waals surface area (Å²) in [5.41, 5.74) is 5.70. The third-order valence-electron chi connectivity index (χ3n) is 3.73. The lowest BCUT2D eigenvalue weighted by Gasteiger charge is -2.38. The fourth-order valence-corrected chi connectivity index (χ4v) is 4.48. The zero-order valence-corrected chi connectivity index (χ0v) is 11.7. The number of hydrogen-bond acceptors (Lipinski definition) is 3. The van der Waals surface area contributed by atoms with E-state index < -0.39 is 15.8 Å². The molecule has 2 N–H and O–H groups in total. The van der Waals surface area contributed by atoms with E-state index >= 15 is 0 Å². The molecule has 0 radical (unpaired) electrons. The molecule has 0 bridgehead atoms. The highest BCUT2D eigenvalue weighted by molar-refractivity contribution is 7.89. The van der Waals surface area contributed by atoms with Crippen LogP contribution >= 0.6 is 0 Å². The molecule has 0 aliphatic carbocycles. The van der Waals surface area contributed by atoms with E-state index in [1.807, 2.05) is 6.92 Å². The summed E-state index contributed by atoms with van der Waals surface area (Å²) >= 11 is 0. The Morgan fingerprint density at radius 2 is 2.11 bits per heavy atom. The van der Waals surface area contributed by atoms with E-state index in [0.717, 1.165) is 18.9 Å². The molecule has 0 saturated carbocycles. The van der Waals surface area contributed by atoms with Crippen LogP contribution in [0.2, 0.25) is 0 Å². The van der Waals surface area contributed by atoms with Crippen LogP contribution in [-0.4, -0.2) is 31.9 Å². The highest BCUT2D eigenvalue weighted by Crippen LogP contribution is 2.29. The van der Waals surface area contributed by atoms with Gasteiger partial charge in [0.15, 0.2) is 0 Å². The summed E-state index contributed by atoms with van der Waals surface area (Å²) in [6.45, 7) is 2.65. The molecule has 0 unspecified atom stereocenters. The van der Waals surface area contributed by atoms with Crippen molar-refractivity contribution < 1.29 is 12.8 Å². The van der Waals surface area contributed by atoms with Gasteiger partial charge in [0.2, 0.25) is 10.0 Å². The molecule has 1 aromatic rings. The smallest absolute Gasteiger partial charge is 0.246 e. The Kier molecular flexibility index (Phi) is 4.23. The highest BCUT2D eigenvalue weighted by atomic mass is 32.2. The number of piperidine rings is 1. The molecule has 106 valence electrons. The van der Waals surface area contributed by atoms with Gasteiger partial charge < -0.3 is 5.73 Å². The molecule has 0 aromatic heterocycles. The summed E-state index contributed by atoms with van der Waals surface area (Å²) in [6.07, 6.45) is 1.73. The van der Waals surface area contributed by atoms with Crippen LogP contribution in [0.4, 0.5) is 4.39 Å². The Bertz CT molecular complexity index is 547. The Morgan fingerprint density at radius 1 is 1.42 bits per heavy atom. The number of sulfonamides is 1. The van der Waals surface area contributed by atoms with Gasteiger partial charge in [-0.15, -0.1) is 0 Å². The van der Waals surface area contributed by atoms with E-state index in [4.69, 9.17) is 5.73 Å². The predicted molar refractivity (Wildman–Crippen MR) is 71.5 cm³/mol. The number of benzene rings is 1. The minimum absolute atomic E-state index is 0.195. The Morgan fingerprint density at radius 3 is 2.74 bits per heavy atom. The zero-order chi connectivity index (χ0) is 14.0. The molecule has 0 amide bonds. The fraction of sp³-hybridized carbons (Fsp3) is 0.538. The predicted octanol–water partition coefficient (Wildman–Crippen LogP) is 1.57. The van der Waals surface area contributed by atoms with Gasteiger partial charge >= 0.3 is 0 Å². The molecule has 1 aliphatic heterocycles. The average molecular weight is 286 g/mol. The van der Waals surface area contributed by atoms with Crippen LogP contribution in [0.1, 0.15) is 19.8 Å². The molecule has 19 heavy (non-hydrogen) atoms.